The molecule has 0 bridgehead atoms. The standard InChI is InChI=1S/C22H18N2O5S/c1-22(21(26)27,13-28-14-7-3-2-4-8-14)24-19(25)16-11-12-17(29-16)20-23-15-9-5-6-10-18(15)30-20/h2-12H,13H2,1H3,(H,24,25)(H,26,27)/t22-/m1/s1. The van der Waals surface area contributed by atoms with Gasteiger partial charge < -0.3 is 19.6 Å². The van der Waals surface area contributed by atoms with Crippen molar-refractivity contribution >= 4 is 33.4 Å². The first-order valence-corrected chi connectivity index (χ1v) is 9.96. The molecule has 8 heteroatoms. The number of carboxylic acids is 1. The van der Waals surface area contributed by atoms with Crippen molar-refractivity contribution in [1.29, 1.82) is 0 Å². The SMILES string of the molecule is C[C@](COc1ccccc1)(NC(=O)c1ccc(-c2nc3ccccc3s2)o1)C(=O)O. The van der Waals surface area contributed by atoms with Gasteiger partial charge in [-0.05, 0) is 43.3 Å². The summed E-state index contributed by atoms with van der Waals surface area (Å²) in [7, 11) is 0. The molecule has 2 N–H and O–H groups in total. The van der Waals surface area contributed by atoms with Crippen LogP contribution in [0.5, 0.6) is 5.75 Å². The van der Waals surface area contributed by atoms with Crippen LogP contribution >= 0.6 is 11.3 Å². The molecule has 2 heterocycles. The van der Waals surface area contributed by atoms with Gasteiger partial charge in [0.15, 0.2) is 22.1 Å². The van der Waals surface area contributed by atoms with Crippen LogP contribution in [0.4, 0.5) is 0 Å². The molecule has 0 spiro atoms. The first-order valence-electron chi connectivity index (χ1n) is 9.14. The molecule has 0 aliphatic heterocycles. The van der Waals surface area contributed by atoms with Gasteiger partial charge in [-0.1, -0.05) is 30.3 Å². The maximum Gasteiger partial charge on any atom is 0.332 e. The fourth-order valence-electron chi connectivity index (χ4n) is 2.76. The number of thiazole rings is 1. The van der Waals surface area contributed by atoms with E-state index in [9.17, 15) is 14.7 Å². The molecule has 0 unspecified atom stereocenters. The summed E-state index contributed by atoms with van der Waals surface area (Å²) < 4.78 is 12.2. The molecule has 30 heavy (non-hydrogen) atoms. The van der Waals surface area contributed by atoms with Gasteiger partial charge >= 0.3 is 5.97 Å². The van der Waals surface area contributed by atoms with E-state index in [1.807, 2.05) is 30.3 Å². The van der Waals surface area contributed by atoms with Crippen LogP contribution in [-0.4, -0.2) is 34.1 Å². The van der Waals surface area contributed by atoms with Crippen LogP contribution < -0.4 is 10.1 Å². The second-order valence-corrected chi connectivity index (χ2v) is 7.87. The highest BCUT2D eigenvalue weighted by atomic mass is 32.1. The molecule has 4 aromatic rings. The number of carbonyl (C=O) groups excluding carboxylic acids is 1. The molecular formula is C22H18N2O5S. The zero-order valence-electron chi connectivity index (χ0n) is 16.0. The monoisotopic (exact) mass is 422 g/mol. The number of carboxylic acid groups (broad SMARTS) is 1. The van der Waals surface area contributed by atoms with Gasteiger partial charge in [-0.3, -0.25) is 4.79 Å². The van der Waals surface area contributed by atoms with Crippen molar-refractivity contribution in [3.05, 3.63) is 72.5 Å². The predicted octanol–water partition coefficient (Wildman–Crippen LogP) is 4.21. The lowest BCUT2D eigenvalue weighted by Gasteiger charge is -2.25. The Morgan fingerprint density at radius 2 is 1.83 bits per heavy atom. The first kappa shape index (κ1) is 19.7. The lowest BCUT2D eigenvalue weighted by molar-refractivity contribution is -0.145. The minimum absolute atomic E-state index is 0.00329. The summed E-state index contributed by atoms with van der Waals surface area (Å²) in [4.78, 5) is 29.0. The van der Waals surface area contributed by atoms with E-state index in [1.54, 1.807) is 30.3 Å². The summed E-state index contributed by atoms with van der Waals surface area (Å²) in [6.45, 7) is 1.14. The molecule has 0 saturated heterocycles. The van der Waals surface area contributed by atoms with Gasteiger partial charge in [-0.2, -0.15) is 0 Å². The molecular weight excluding hydrogens is 404 g/mol. The minimum Gasteiger partial charge on any atom is -0.491 e. The Bertz CT molecular complexity index is 1170. The summed E-state index contributed by atoms with van der Waals surface area (Å²) in [6.07, 6.45) is 0. The molecule has 1 atom stereocenters. The topological polar surface area (TPSA) is 102 Å². The Kier molecular flexibility index (Phi) is 5.24. The Labute approximate surface area is 175 Å². The Morgan fingerprint density at radius 1 is 1.10 bits per heavy atom. The van der Waals surface area contributed by atoms with Crippen molar-refractivity contribution in [2.24, 2.45) is 0 Å². The number of rotatable bonds is 7. The van der Waals surface area contributed by atoms with E-state index in [0.717, 1.165) is 10.2 Å². The Balaban J connectivity index is 1.49. The van der Waals surface area contributed by atoms with Crippen LogP contribution in [0.25, 0.3) is 21.0 Å². The summed E-state index contributed by atoms with van der Waals surface area (Å²) >= 11 is 1.45. The zero-order valence-corrected chi connectivity index (χ0v) is 16.8. The number of nitrogens with zero attached hydrogens (tertiary/aromatic N) is 1. The third-order valence-electron chi connectivity index (χ3n) is 4.47. The third kappa shape index (κ3) is 4.04. The fourth-order valence-corrected chi connectivity index (χ4v) is 3.69. The first-order chi connectivity index (χ1) is 14.4. The van der Waals surface area contributed by atoms with E-state index in [4.69, 9.17) is 9.15 Å². The van der Waals surface area contributed by atoms with Crippen LogP contribution in [0.2, 0.25) is 0 Å². The Hall–Kier alpha value is -3.65. The molecule has 4 rings (SSSR count). The molecule has 2 aromatic heterocycles. The summed E-state index contributed by atoms with van der Waals surface area (Å²) in [5, 5.41) is 12.8. The number of amides is 1. The van der Waals surface area contributed by atoms with E-state index >= 15 is 0 Å². The highest BCUT2D eigenvalue weighted by Crippen LogP contribution is 2.31. The minimum atomic E-state index is -1.64. The van der Waals surface area contributed by atoms with E-state index in [2.05, 4.69) is 10.3 Å². The number of aliphatic carboxylic acids is 1. The highest BCUT2D eigenvalue weighted by Gasteiger charge is 2.37. The van der Waals surface area contributed by atoms with E-state index in [-0.39, 0.29) is 12.4 Å². The number of aromatic nitrogens is 1. The molecule has 0 saturated carbocycles. The van der Waals surface area contributed by atoms with Crippen molar-refractivity contribution in [3.63, 3.8) is 0 Å². The maximum atomic E-state index is 12.7. The number of hydrogen-bond donors (Lipinski definition) is 2. The number of benzene rings is 2. The molecule has 152 valence electrons. The van der Waals surface area contributed by atoms with Crippen LogP contribution in [0, 0.1) is 0 Å². The van der Waals surface area contributed by atoms with Crippen molar-refractivity contribution < 1.29 is 23.8 Å². The van der Waals surface area contributed by atoms with Crippen molar-refractivity contribution in [2.75, 3.05) is 6.61 Å². The van der Waals surface area contributed by atoms with Gasteiger partial charge in [0.05, 0.1) is 10.2 Å². The average Bonchev–Trinajstić information content (AvgIpc) is 3.40. The Morgan fingerprint density at radius 3 is 2.57 bits per heavy atom. The van der Waals surface area contributed by atoms with Gasteiger partial charge in [-0.25, -0.2) is 9.78 Å². The number of nitrogens with one attached hydrogen (secondary N) is 1. The van der Waals surface area contributed by atoms with E-state index in [0.29, 0.717) is 16.5 Å². The quantitative estimate of drug-likeness (QED) is 0.463. The number of carbonyl (C=O) groups is 2. The van der Waals surface area contributed by atoms with Crippen LogP contribution in [-0.2, 0) is 4.79 Å². The average molecular weight is 422 g/mol. The van der Waals surface area contributed by atoms with Gasteiger partial charge in [0.1, 0.15) is 12.4 Å². The summed E-state index contributed by atoms with van der Waals surface area (Å²) in [5.74, 6) is -0.917. The largest absolute Gasteiger partial charge is 0.491 e. The zero-order chi connectivity index (χ0) is 21.1. The van der Waals surface area contributed by atoms with E-state index in [1.165, 1.54) is 24.3 Å². The number of hydrogen-bond acceptors (Lipinski definition) is 6. The lowest BCUT2D eigenvalue weighted by atomic mass is 10.0. The molecule has 0 fully saturated rings. The van der Waals surface area contributed by atoms with Gasteiger partial charge in [0.2, 0.25) is 0 Å². The van der Waals surface area contributed by atoms with E-state index < -0.39 is 17.4 Å². The number of furan rings is 1. The predicted molar refractivity (Wildman–Crippen MR) is 113 cm³/mol. The number of para-hydroxylation sites is 2. The molecule has 0 radical (unpaired) electrons. The van der Waals surface area contributed by atoms with Gasteiger partial charge in [-0.15, -0.1) is 11.3 Å². The van der Waals surface area contributed by atoms with Crippen molar-refractivity contribution in [2.45, 2.75) is 12.5 Å². The van der Waals surface area contributed by atoms with Crippen LogP contribution in [0.3, 0.4) is 0 Å². The summed E-state index contributed by atoms with van der Waals surface area (Å²) in [6, 6.07) is 19.6. The number of fused-ring (bicyclic) bond motifs is 1. The normalized spacial score (nSPS) is 13.0. The lowest BCUT2D eigenvalue weighted by Crippen LogP contribution is -2.56. The molecule has 7 nitrogen and oxygen atoms in total. The van der Waals surface area contributed by atoms with Crippen LogP contribution in [0.1, 0.15) is 17.5 Å². The maximum absolute atomic E-state index is 12.7. The van der Waals surface area contributed by atoms with Crippen LogP contribution in [0.15, 0.2) is 71.1 Å². The van der Waals surface area contributed by atoms with Crippen molar-refractivity contribution in [1.82, 2.24) is 10.3 Å². The molecule has 0 aliphatic rings. The van der Waals surface area contributed by atoms with Gasteiger partial charge in [0, 0.05) is 0 Å². The van der Waals surface area contributed by atoms with Crippen molar-refractivity contribution in [3.8, 4) is 16.5 Å². The smallest absolute Gasteiger partial charge is 0.332 e. The summed E-state index contributed by atoms with van der Waals surface area (Å²) in [5.41, 5.74) is -0.799. The molecule has 2 aromatic carbocycles. The third-order valence-corrected chi connectivity index (χ3v) is 5.52. The number of ether oxygens (including phenoxy) is 1. The highest BCUT2D eigenvalue weighted by molar-refractivity contribution is 7.21. The van der Waals surface area contributed by atoms with Gasteiger partial charge in [0.25, 0.3) is 5.91 Å². The second-order valence-electron chi connectivity index (χ2n) is 6.84. The fraction of sp³-hybridized carbons (Fsp3) is 0.136. The molecule has 1 amide bonds. The second kappa shape index (κ2) is 8.00. The molecule has 0 aliphatic carbocycles.